The molecule has 0 bridgehead atoms. The van der Waals surface area contributed by atoms with Crippen LogP contribution in [-0.4, -0.2) is 49.2 Å². The Balaban J connectivity index is 1.90. The summed E-state index contributed by atoms with van der Waals surface area (Å²) in [5, 5.41) is 3.61. The van der Waals surface area contributed by atoms with Gasteiger partial charge in [-0.05, 0) is 50.2 Å². The summed E-state index contributed by atoms with van der Waals surface area (Å²) < 4.78 is 29.3. The van der Waals surface area contributed by atoms with Crippen molar-refractivity contribution in [2.75, 3.05) is 27.2 Å². The number of H-pyrrole nitrogens is 1. The van der Waals surface area contributed by atoms with Crippen molar-refractivity contribution in [3.8, 4) is 0 Å². The van der Waals surface area contributed by atoms with Crippen LogP contribution in [-0.2, 0) is 17.6 Å². The molecule has 1 fully saturated rings. The van der Waals surface area contributed by atoms with Gasteiger partial charge in [0.05, 0.1) is 7.41 Å². The molecule has 0 saturated carbocycles. The van der Waals surface area contributed by atoms with Crippen LogP contribution < -0.4 is 5.32 Å². The number of alkyl carbamates (subject to hydrolysis) is 1. The number of carbonyl (C=O) groups excluding carboxylic acids is 1. The lowest BCUT2D eigenvalue weighted by Gasteiger charge is -2.09. The summed E-state index contributed by atoms with van der Waals surface area (Å²) in [5.74, 6) is 0. The number of benzene rings is 1. The van der Waals surface area contributed by atoms with Gasteiger partial charge in [-0.25, -0.2) is 4.79 Å². The van der Waals surface area contributed by atoms with Crippen molar-refractivity contribution in [2.45, 2.75) is 18.9 Å². The Kier molecular flexibility index (Phi) is 2.94. The Hall–Kier alpha value is -2.01. The standard InChI is InChI=1S/C16H21N3O2/c1-19(2)6-5-12-9-17-15-4-3-11(8-14(12)15)7-13-10-21-16(20)18-13/h3-4,8-9,13,17H,5-7,10H2,1-2H3,(H,18,20)/t13-/m0/s1/i6D2,9D. The lowest BCUT2D eigenvalue weighted by molar-refractivity contribution is 0.177. The quantitative estimate of drug-likeness (QED) is 0.884. The average molecular weight is 290 g/mol. The third kappa shape index (κ3) is 3.19. The zero-order chi connectivity index (χ0) is 17.5. The maximum absolute atomic E-state index is 11.1. The topological polar surface area (TPSA) is 57.4 Å². The van der Waals surface area contributed by atoms with E-state index in [1.807, 2.05) is 18.2 Å². The Morgan fingerprint density at radius 2 is 2.38 bits per heavy atom. The number of nitrogens with one attached hydrogen (secondary N) is 2. The van der Waals surface area contributed by atoms with Gasteiger partial charge in [0, 0.05) is 26.3 Å². The number of cyclic esters (lactones) is 1. The molecule has 3 rings (SSSR count). The summed E-state index contributed by atoms with van der Waals surface area (Å²) in [6, 6.07) is 5.76. The molecule has 1 aliphatic heterocycles. The highest BCUT2D eigenvalue weighted by Crippen LogP contribution is 2.21. The number of aromatic nitrogens is 1. The van der Waals surface area contributed by atoms with Gasteiger partial charge in [-0.3, -0.25) is 0 Å². The molecule has 1 aromatic heterocycles. The number of amides is 1. The average Bonchev–Trinajstić information content (AvgIpc) is 3.03. The number of nitrogens with zero attached hydrogens (tertiary/aromatic N) is 1. The third-order valence-corrected chi connectivity index (χ3v) is 3.55. The van der Waals surface area contributed by atoms with Crippen molar-refractivity contribution in [1.82, 2.24) is 15.2 Å². The highest BCUT2D eigenvalue weighted by molar-refractivity contribution is 5.84. The second-order valence-electron chi connectivity index (χ2n) is 5.48. The van der Waals surface area contributed by atoms with Gasteiger partial charge in [0.1, 0.15) is 6.61 Å². The molecular formula is C16H21N3O2. The molecule has 0 unspecified atom stereocenters. The molecule has 5 nitrogen and oxygen atoms in total. The monoisotopic (exact) mass is 290 g/mol. The number of fused-ring (bicyclic) bond motifs is 1. The number of likely N-dealkylation sites (N-methyl/N-ethyl adjacent to an activating group) is 1. The van der Waals surface area contributed by atoms with Crippen LogP contribution in [0.15, 0.2) is 24.4 Å². The first kappa shape index (κ1) is 10.7. The van der Waals surface area contributed by atoms with Gasteiger partial charge in [0.25, 0.3) is 0 Å². The molecule has 1 atom stereocenters. The van der Waals surface area contributed by atoms with Gasteiger partial charge < -0.3 is 19.9 Å². The fourth-order valence-corrected chi connectivity index (χ4v) is 2.48. The van der Waals surface area contributed by atoms with Gasteiger partial charge in [-0.1, -0.05) is 6.07 Å². The number of aromatic amines is 1. The van der Waals surface area contributed by atoms with E-state index in [2.05, 4.69) is 10.3 Å². The molecule has 1 saturated heterocycles. The number of hydrogen-bond donors (Lipinski definition) is 2. The van der Waals surface area contributed by atoms with E-state index in [9.17, 15) is 4.79 Å². The van der Waals surface area contributed by atoms with Crippen LogP contribution in [0.4, 0.5) is 4.79 Å². The summed E-state index contributed by atoms with van der Waals surface area (Å²) in [6.45, 7) is -1.18. The first-order chi connectivity index (χ1) is 11.3. The van der Waals surface area contributed by atoms with Crippen LogP contribution in [0.3, 0.4) is 0 Å². The highest BCUT2D eigenvalue weighted by atomic mass is 16.6. The molecule has 1 aromatic carbocycles. The maximum Gasteiger partial charge on any atom is 0.407 e. The van der Waals surface area contributed by atoms with Crippen molar-refractivity contribution >= 4 is 17.0 Å². The smallest absolute Gasteiger partial charge is 0.407 e. The van der Waals surface area contributed by atoms with Crippen molar-refractivity contribution in [2.24, 2.45) is 0 Å². The fourth-order valence-electron chi connectivity index (χ4n) is 2.48. The molecule has 2 aromatic rings. The van der Waals surface area contributed by atoms with Crippen molar-refractivity contribution in [3.05, 3.63) is 35.5 Å². The summed E-state index contributed by atoms with van der Waals surface area (Å²) in [4.78, 5) is 15.6. The normalized spacial score (nSPS) is 21.0. The van der Waals surface area contributed by atoms with Crippen LogP contribution in [0.5, 0.6) is 0 Å². The fraction of sp³-hybridized carbons (Fsp3) is 0.438. The second-order valence-corrected chi connectivity index (χ2v) is 5.48. The largest absolute Gasteiger partial charge is 0.447 e. The van der Waals surface area contributed by atoms with Crippen LogP contribution in [0.2, 0.25) is 0 Å². The Morgan fingerprint density at radius 1 is 1.52 bits per heavy atom. The van der Waals surface area contributed by atoms with Gasteiger partial charge in [-0.2, -0.15) is 0 Å². The van der Waals surface area contributed by atoms with Crippen LogP contribution in [0, 0.1) is 0 Å². The molecule has 5 heteroatoms. The molecule has 21 heavy (non-hydrogen) atoms. The summed E-state index contributed by atoms with van der Waals surface area (Å²) in [5.41, 5.74) is 2.50. The molecule has 0 radical (unpaired) electrons. The van der Waals surface area contributed by atoms with Crippen LogP contribution >= 0.6 is 0 Å². The number of hydrogen-bond acceptors (Lipinski definition) is 3. The van der Waals surface area contributed by atoms with Crippen molar-refractivity contribution in [1.29, 1.82) is 0 Å². The summed E-state index contributed by atoms with van der Waals surface area (Å²) in [6.07, 6.45) is 0.618. The molecule has 2 heterocycles. The Bertz CT molecular complexity index is 773. The third-order valence-electron chi connectivity index (χ3n) is 3.55. The first-order valence-corrected chi connectivity index (χ1v) is 6.97. The van der Waals surface area contributed by atoms with E-state index in [1.165, 1.54) is 4.90 Å². The van der Waals surface area contributed by atoms with Gasteiger partial charge in [0.2, 0.25) is 0 Å². The van der Waals surface area contributed by atoms with Gasteiger partial charge in [-0.15, -0.1) is 0 Å². The molecule has 0 aliphatic carbocycles. The van der Waals surface area contributed by atoms with E-state index < -0.39 is 12.6 Å². The predicted molar refractivity (Wildman–Crippen MR) is 82.5 cm³/mol. The van der Waals surface area contributed by atoms with E-state index in [0.29, 0.717) is 18.6 Å². The lowest BCUT2D eigenvalue weighted by atomic mass is 10.0. The Morgan fingerprint density at radius 3 is 3.10 bits per heavy atom. The summed E-state index contributed by atoms with van der Waals surface area (Å²) in [7, 11) is 3.37. The van der Waals surface area contributed by atoms with Gasteiger partial charge in [0.15, 0.2) is 0 Å². The first-order valence-electron chi connectivity index (χ1n) is 8.47. The van der Waals surface area contributed by atoms with Crippen molar-refractivity contribution in [3.63, 3.8) is 0 Å². The number of aryl methyl sites for hydroxylation is 1. The highest BCUT2D eigenvalue weighted by Gasteiger charge is 2.22. The van der Waals surface area contributed by atoms with Crippen LogP contribution in [0.25, 0.3) is 10.9 Å². The number of rotatable bonds is 5. The molecule has 1 amide bonds. The van der Waals surface area contributed by atoms with Crippen LogP contribution in [0.1, 0.15) is 15.2 Å². The Labute approximate surface area is 128 Å². The van der Waals surface area contributed by atoms with E-state index in [4.69, 9.17) is 8.85 Å². The number of ether oxygens (including phenoxy) is 1. The van der Waals surface area contributed by atoms with E-state index in [1.54, 1.807) is 14.1 Å². The molecule has 0 spiro atoms. The molecule has 1 aliphatic rings. The van der Waals surface area contributed by atoms with Crippen molar-refractivity contribution < 1.29 is 13.6 Å². The predicted octanol–water partition coefficient (Wildman–Crippen LogP) is 1.92. The van der Waals surface area contributed by atoms with Gasteiger partial charge >= 0.3 is 6.09 Å². The zero-order valence-corrected chi connectivity index (χ0v) is 12.2. The second kappa shape index (κ2) is 5.77. The van der Waals surface area contributed by atoms with E-state index >= 15 is 0 Å². The molecule has 2 N–H and O–H groups in total. The SMILES string of the molecule is [2H]c1[nH]c2ccc(C[C@H]3COC(=O)N3)cc2c1CC([2H])([2H])N(C)C. The minimum absolute atomic E-state index is 0.0546. The number of carbonyl (C=O) groups is 1. The van der Waals surface area contributed by atoms with E-state index in [-0.39, 0.29) is 18.6 Å². The minimum atomic E-state index is -1.53. The summed E-state index contributed by atoms with van der Waals surface area (Å²) >= 11 is 0. The maximum atomic E-state index is 11.1. The van der Waals surface area contributed by atoms with E-state index in [0.717, 1.165) is 16.5 Å². The zero-order valence-electron chi connectivity index (χ0n) is 15.2. The molecule has 112 valence electrons. The minimum Gasteiger partial charge on any atom is -0.447 e. The lowest BCUT2D eigenvalue weighted by Crippen LogP contribution is -2.28. The molecular weight excluding hydrogens is 266 g/mol.